The third-order valence-corrected chi connectivity index (χ3v) is 4.61. The van der Waals surface area contributed by atoms with Crippen molar-refractivity contribution in [2.24, 2.45) is 0 Å². The van der Waals surface area contributed by atoms with Crippen LogP contribution in [0.1, 0.15) is 16.1 Å². The van der Waals surface area contributed by atoms with E-state index < -0.39 is 11.7 Å². The predicted molar refractivity (Wildman–Crippen MR) is 89.5 cm³/mol. The zero-order valence-electron chi connectivity index (χ0n) is 13.0. The standard InChI is InChI=1S/C18H14F4N2S/c19-15-4-2-1-3-14(15)16-10-24-17(25-16)11-23-9-12-5-7-13(8-6-12)18(20,21)22/h1-8,10,23H,9,11H2. The maximum Gasteiger partial charge on any atom is 0.416 e. The van der Waals surface area contributed by atoms with Crippen molar-refractivity contribution in [3.05, 3.63) is 76.7 Å². The van der Waals surface area contributed by atoms with Crippen LogP contribution < -0.4 is 5.32 Å². The fourth-order valence-electron chi connectivity index (χ4n) is 2.30. The second kappa shape index (κ2) is 7.33. The van der Waals surface area contributed by atoms with E-state index in [2.05, 4.69) is 10.3 Å². The average Bonchev–Trinajstić information content (AvgIpc) is 3.03. The molecule has 0 spiro atoms. The van der Waals surface area contributed by atoms with Crippen molar-refractivity contribution >= 4 is 11.3 Å². The number of hydrogen-bond donors (Lipinski definition) is 1. The normalized spacial score (nSPS) is 11.7. The summed E-state index contributed by atoms with van der Waals surface area (Å²) in [6.07, 6.45) is -2.70. The van der Waals surface area contributed by atoms with Crippen LogP contribution in [-0.2, 0) is 19.3 Å². The maximum absolute atomic E-state index is 13.8. The van der Waals surface area contributed by atoms with Crippen LogP contribution in [0.25, 0.3) is 10.4 Å². The Morgan fingerprint density at radius 1 is 0.960 bits per heavy atom. The van der Waals surface area contributed by atoms with Crippen molar-refractivity contribution in [3.63, 3.8) is 0 Å². The molecule has 0 aliphatic heterocycles. The van der Waals surface area contributed by atoms with Gasteiger partial charge >= 0.3 is 6.18 Å². The van der Waals surface area contributed by atoms with Gasteiger partial charge in [-0.3, -0.25) is 0 Å². The van der Waals surface area contributed by atoms with E-state index in [0.717, 1.165) is 27.6 Å². The first-order valence-electron chi connectivity index (χ1n) is 7.50. The highest BCUT2D eigenvalue weighted by atomic mass is 32.1. The van der Waals surface area contributed by atoms with E-state index in [9.17, 15) is 17.6 Å². The van der Waals surface area contributed by atoms with E-state index in [1.54, 1.807) is 24.4 Å². The molecule has 2 nitrogen and oxygen atoms in total. The first-order chi connectivity index (χ1) is 11.9. The lowest BCUT2D eigenvalue weighted by Crippen LogP contribution is -2.12. The molecule has 0 bridgehead atoms. The third-order valence-electron chi connectivity index (χ3n) is 3.58. The molecule has 0 saturated carbocycles. The maximum atomic E-state index is 13.8. The minimum absolute atomic E-state index is 0.296. The molecule has 3 aromatic rings. The van der Waals surface area contributed by atoms with Crippen LogP contribution in [-0.4, -0.2) is 4.98 Å². The van der Waals surface area contributed by atoms with Crippen molar-refractivity contribution in [2.45, 2.75) is 19.3 Å². The summed E-state index contributed by atoms with van der Waals surface area (Å²) in [5, 5.41) is 3.91. The Kier molecular flexibility index (Phi) is 5.15. The number of nitrogens with one attached hydrogen (secondary N) is 1. The molecule has 1 aromatic heterocycles. The molecular weight excluding hydrogens is 352 g/mol. The first-order valence-corrected chi connectivity index (χ1v) is 8.31. The fourth-order valence-corrected chi connectivity index (χ4v) is 3.22. The molecule has 7 heteroatoms. The number of alkyl halides is 3. The Morgan fingerprint density at radius 2 is 1.68 bits per heavy atom. The second-order valence-corrected chi connectivity index (χ2v) is 6.51. The van der Waals surface area contributed by atoms with Crippen molar-refractivity contribution in [2.75, 3.05) is 0 Å². The first kappa shape index (κ1) is 17.6. The predicted octanol–water partition coefficient (Wildman–Crippen LogP) is 5.26. The van der Waals surface area contributed by atoms with E-state index in [4.69, 9.17) is 0 Å². The smallest absolute Gasteiger partial charge is 0.306 e. The van der Waals surface area contributed by atoms with Crippen LogP contribution in [0, 0.1) is 5.82 Å². The van der Waals surface area contributed by atoms with E-state index in [-0.39, 0.29) is 5.82 Å². The van der Waals surface area contributed by atoms with Gasteiger partial charge in [0.2, 0.25) is 0 Å². The van der Waals surface area contributed by atoms with Crippen LogP contribution in [0.3, 0.4) is 0 Å². The number of rotatable bonds is 5. The summed E-state index contributed by atoms with van der Waals surface area (Å²) in [6.45, 7) is 0.882. The summed E-state index contributed by atoms with van der Waals surface area (Å²) in [4.78, 5) is 4.99. The van der Waals surface area contributed by atoms with Crippen molar-refractivity contribution in [1.29, 1.82) is 0 Å². The molecule has 0 aliphatic rings. The number of aromatic nitrogens is 1. The molecule has 0 fully saturated rings. The molecule has 1 N–H and O–H groups in total. The SMILES string of the molecule is Fc1ccccc1-c1cnc(CNCc2ccc(C(F)(F)F)cc2)s1. The zero-order valence-corrected chi connectivity index (χ0v) is 13.8. The number of nitrogens with zero attached hydrogens (tertiary/aromatic N) is 1. The van der Waals surface area contributed by atoms with E-state index in [1.165, 1.54) is 29.5 Å². The molecule has 25 heavy (non-hydrogen) atoms. The minimum atomic E-state index is -4.32. The summed E-state index contributed by atoms with van der Waals surface area (Å²) in [7, 11) is 0. The lowest BCUT2D eigenvalue weighted by atomic mass is 10.1. The summed E-state index contributed by atoms with van der Waals surface area (Å²) in [6, 6.07) is 11.5. The Morgan fingerprint density at radius 3 is 2.36 bits per heavy atom. The van der Waals surface area contributed by atoms with Crippen LogP contribution in [0.5, 0.6) is 0 Å². The molecule has 130 valence electrons. The lowest BCUT2D eigenvalue weighted by molar-refractivity contribution is -0.137. The van der Waals surface area contributed by atoms with Crippen LogP contribution in [0.15, 0.2) is 54.7 Å². The van der Waals surface area contributed by atoms with E-state index in [1.807, 2.05) is 0 Å². The topological polar surface area (TPSA) is 24.9 Å². The van der Waals surface area contributed by atoms with Crippen LogP contribution in [0.4, 0.5) is 17.6 Å². The van der Waals surface area contributed by atoms with E-state index >= 15 is 0 Å². The van der Waals surface area contributed by atoms with Gasteiger partial charge in [-0.25, -0.2) is 9.37 Å². The molecule has 0 radical (unpaired) electrons. The molecule has 2 aromatic carbocycles. The quantitative estimate of drug-likeness (QED) is 0.623. The Hall–Kier alpha value is -2.25. The zero-order chi connectivity index (χ0) is 17.9. The monoisotopic (exact) mass is 366 g/mol. The fraction of sp³-hybridized carbons (Fsp3) is 0.167. The van der Waals surface area contributed by atoms with Gasteiger partial charge in [-0.2, -0.15) is 13.2 Å². The molecule has 0 atom stereocenters. The molecule has 0 aliphatic carbocycles. The van der Waals surface area contributed by atoms with Crippen LogP contribution >= 0.6 is 11.3 Å². The third kappa shape index (κ3) is 4.43. The summed E-state index contributed by atoms with van der Waals surface area (Å²) in [5.41, 5.74) is 0.596. The molecular formula is C18H14F4N2S. The highest BCUT2D eigenvalue weighted by Gasteiger charge is 2.29. The Labute approximate surface area is 146 Å². The summed E-state index contributed by atoms with van der Waals surface area (Å²) >= 11 is 1.38. The summed E-state index contributed by atoms with van der Waals surface area (Å²) < 4.78 is 51.3. The Bertz CT molecular complexity index is 841. The lowest BCUT2D eigenvalue weighted by Gasteiger charge is -2.08. The van der Waals surface area contributed by atoms with E-state index in [0.29, 0.717) is 18.7 Å². The molecule has 1 heterocycles. The number of benzene rings is 2. The van der Waals surface area contributed by atoms with Gasteiger partial charge in [0, 0.05) is 24.8 Å². The van der Waals surface area contributed by atoms with Gasteiger partial charge in [0.05, 0.1) is 10.4 Å². The molecule has 0 unspecified atom stereocenters. The Balaban J connectivity index is 1.57. The van der Waals surface area contributed by atoms with Gasteiger partial charge in [0.1, 0.15) is 10.8 Å². The highest BCUT2D eigenvalue weighted by Crippen LogP contribution is 2.29. The van der Waals surface area contributed by atoms with Crippen molar-refractivity contribution < 1.29 is 17.6 Å². The summed E-state index contributed by atoms with van der Waals surface area (Å²) in [5.74, 6) is -0.296. The largest absolute Gasteiger partial charge is 0.416 e. The van der Waals surface area contributed by atoms with Gasteiger partial charge in [-0.05, 0) is 23.8 Å². The van der Waals surface area contributed by atoms with Crippen molar-refractivity contribution in [3.8, 4) is 10.4 Å². The molecule has 0 amide bonds. The van der Waals surface area contributed by atoms with Gasteiger partial charge in [-0.15, -0.1) is 11.3 Å². The van der Waals surface area contributed by atoms with Crippen LogP contribution in [0.2, 0.25) is 0 Å². The second-order valence-electron chi connectivity index (χ2n) is 5.40. The van der Waals surface area contributed by atoms with Gasteiger partial charge in [0.15, 0.2) is 0 Å². The van der Waals surface area contributed by atoms with Crippen molar-refractivity contribution in [1.82, 2.24) is 10.3 Å². The number of halogens is 4. The average molecular weight is 366 g/mol. The van der Waals surface area contributed by atoms with Gasteiger partial charge in [-0.1, -0.05) is 30.3 Å². The highest BCUT2D eigenvalue weighted by molar-refractivity contribution is 7.15. The van der Waals surface area contributed by atoms with Gasteiger partial charge in [0.25, 0.3) is 0 Å². The molecule has 3 rings (SSSR count). The van der Waals surface area contributed by atoms with Gasteiger partial charge < -0.3 is 5.32 Å². The number of thiazole rings is 1. The minimum Gasteiger partial charge on any atom is -0.306 e. The molecule has 0 saturated heterocycles. The number of hydrogen-bond acceptors (Lipinski definition) is 3.